The van der Waals surface area contributed by atoms with Gasteiger partial charge >= 0.3 is 0 Å². The maximum atomic E-state index is 11.6. The van der Waals surface area contributed by atoms with E-state index in [0.29, 0.717) is 0 Å². The molecule has 17 heavy (non-hydrogen) atoms. The molecule has 94 valence electrons. The van der Waals surface area contributed by atoms with Crippen molar-refractivity contribution in [3.8, 4) is 0 Å². The summed E-state index contributed by atoms with van der Waals surface area (Å²) < 4.78 is 0. The van der Waals surface area contributed by atoms with Gasteiger partial charge in [-0.25, -0.2) is 0 Å². The molecule has 0 aromatic heterocycles. The molecule has 0 bridgehead atoms. The third kappa shape index (κ3) is 3.45. The third-order valence-corrected chi connectivity index (χ3v) is 2.88. The highest BCUT2D eigenvalue weighted by Gasteiger charge is 2.11. The Morgan fingerprint density at radius 3 is 2.82 bits per heavy atom. The van der Waals surface area contributed by atoms with Crippen LogP contribution in [0.4, 0.5) is 5.69 Å². The van der Waals surface area contributed by atoms with E-state index in [9.17, 15) is 4.79 Å². The summed E-state index contributed by atoms with van der Waals surface area (Å²) in [5.74, 6) is 0.0953. The zero-order chi connectivity index (χ0) is 11.5. The second-order valence-electron chi connectivity index (χ2n) is 4.55. The largest absolute Gasteiger partial charge is 0.326 e. The van der Waals surface area contributed by atoms with Gasteiger partial charge < -0.3 is 10.6 Å². The number of benzene rings is 1. The summed E-state index contributed by atoms with van der Waals surface area (Å²) in [5, 5.41) is 6.26. The highest BCUT2D eigenvalue weighted by atomic mass is 35.5. The van der Waals surface area contributed by atoms with Gasteiger partial charge in [-0.3, -0.25) is 4.79 Å². The van der Waals surface area contributed by atoms with Gasteiger partial charge in [0.1, 0.15) is 0 Å². The predicted octanol–water partition coefficient (Wildman–Crippen LogP) is 2.35. The summed E-state index contributed by atoms with van der Waals surface area (Å²) in [6.45, 7) is 5.75. The minimum Gasteiger partial charge on any atom is -0.326 e. The van der Waals surface area contributed by atoms with Gasteiger partial charge in [0, 0.05) is 18.2 Å². The molecule has 3 nitrogen and oxygen atoms in total. The van der Waals surface area contributed by atoms with Crippen molar-refractivity contribution >= 4 is 24.0 Å². The molecule has 1 heterocycles. The van der Waals surface area contributed by atoms with Crippen molar-refractivity contribution in [2.45, 2.75) is 26.8 Å². The standard InChI is InChI=1S/C13H18N2O.ClH/c1-9(2)13(16)15-12-4-3-10-5-6-14-8-11(10)7-12;/h3-4,7,9,14H,5-6,8H2,1-2H3,(H,15,16);1H. The van der Waals surface area contributed by atoms with E-state index in [1.807, 2.05) is 19.9 Å². The smallest absolute Gasteiger partial charge is 0.226 e. The number of hydrogen-bond donors (Lipinski definition) is 2. The lowest BCUT2D eigenvalue weighted by Crippen LogP contribution is -2.24. The van der Waals surface area contributed by atoms with Crippen LogP contribution < -0.4 is 10.6 Å². The Kier molecular flexibility index (Phi) is 4.97. The zero-order valence-electron chi connectivity index (χ0n) is 10.2. The Labute approximate surface area is 108 Å². The monoisotopic (exact) mass is 254 g/mol. The van der Waals surface area contributed by atoms with Gasteiger partial charge in [-0.1, -0.05) is 19.9 Å². The van der Waals surface area contributed by atoms with Crippen molar-refractivity contribution in [2.24, 2.45) is 5.92 Å². The molecule has 1 aromatic rings. The minimum atomic E-state index is 0. The van der Waals surface area contributed by atoms with E-state index in [4.69, 9.17) is 0 Å². The Hall–Kier alpha value is -1.06. The van der Waals surface area contributed by atoms with Gasteiger partial charge in [0.05, 0.1) is 0 Å². The first kappa shape index (κ1) is 14.0. The molecule has 0 fully saturated rings. The number of hydrogen-bond acceptors (Lipinski definition) is 2. The highest BCUT2D eigenvalue weighted by molar-refractivity contribution is 5.92. The van der Waals surface area contributed by atoms with Crippen LogP contribution in [-0.2, 0) is 17.8 Å². The molecular weight excluding hydrogens is 236 g/mol. The summed E-state index contributed by atoms with van der Waals surface area (Å²) in [6, 6.07) is 6.18. The molecule has 2 rings (SSSR count). The van der Waals surface area contributed by atoms with E-state index < -0.39 is 0 Å². The van der Waals surface area contributed by atoms with E-state index >= 15 is 0 Å². The maximum Gasteiger partial charge on any atom is 0.226 e. The second kappa shape index (κ2) is 6.03. The number of amides is 1. The summed E-state index contributed by atoms with van der Waals surface area (Å²) in [5.41, 5.74) is 3.59. The first-order chi connectivity index (χ1) is 7.66. The quantitative estimate of drug-likeness (QED) is 0.851. The molecule has 0 aliphatic carbocycles. The van der Waals surface area contributed by atoms with Crippen molar-refractivity contribution in [3.05, 3.63) is 29.3 Å². The van der Waals surface area contributed by atoms with Crippen molar-refractivity contribution in [1.29, 1.82) is 0 Å². The minimum absolute atomic E-state index is 0. The van der Waals surface area contributed by atoms with Crippen molar-refractivity contribution < 1.29 is 4.79 Å². The molecule has 2 N–H and O–H groups in total. The van der Waals surface area contributed by atoms with Gasteiger partial charge in [-0.15, -0.1) is 12.4 Å². The van der Waals surface area contributed by atoms with Gasteiger partial charge in [-0.2, -0.15) is 0 Å². The van der Waals surface area contributed by atoms with Crippen LogP contribution in [0.2, 0.25) is 0 Å². The van der Waals surface area contributed by atoms with E-state index in [1.165, 1.54) is 11.1 Å². The van der Waals surface area contributed by atoms with Crippen LogP contribution in [0.1, 0.15) is 25.0 Å². The lowest BCUT2D eigenvalue weighted by Gasteiger charge is -2.18. The molecule has 1 aliphatic heterocycles. The average Bonchev–Trinajstić information content (AvgIpc) is 2.28. The summed E-state index contributed by atoms with van der Waals surface area (Å²) >= 11 is 0. The molecule has 1 aliphatic rings. The molecule has 0 atom stereocenters. The number of anilines is 1. The van der Waals surface area contributed by atoms with Crippen LogP contribution in [0.3, 0.4) is 0 Å². The average molecular weight is 255 g/mol. The van der Waals surface area contributed by atoms with Gasteiger partial charge in [0.25, 0.3) is 0 Å². The van der Waals surface area contributed by atoms with E-state index in [-0.39, 0.29) is 24.2 Å². The Morgan fingerprint density at radius 2 is 2.12 bits per heavy atom. The molecule has 0 saturated carbocycles. The van der Waals surface area contributed by atoms with Crippen molar-refractivity contribution in [2.75, 3.05) is 11.9 Å². The van der Waals surface area contributed by atoms with Crippen LogP contribution in [0, 0.1) is 5.92 Å². The number of rotatable bonds is 2. The van der Waals surface area contributed by atoms with Crippen LogP contribution in [0.5, 0.6) is 0 Å². The summed E-state index contributed by atoms with van der Waals surface area (Å²) in [7, 11) is 0. The van der Waals surface area contributed by atoms with Gasteiger partial charge in [0.15, 0.2) is 0 Å². The fourth-order valence-corrected chi connectivity index (χ4v) is 1.84. The molecule has 0 unspecified atom stereocenters. The van der Waals surface area contributed by atoms with Crippen molar-refractivity contribution in [3.63, 3.8) is 0 Å². The van der Waals surface area contributed by atoms with E-state index in [1.54, 1.807) is 0 Å². The second-order valence-corrected chi connectivity index (χ2v) is 4.55. The van der Waals surface area contributed by atoms with Crippen LogP contribution >= 0.6 is 12.4 Å². The third-order valence-electron chi connectivity index (χ3n) is 2.88. The van der Waals surface area contributed by atoms with Crippen molar-refractivity contribution in [1.82, 2.24) is 5.32 Å². The summed E-state index contributed by atoms with van der Waals surface area (Å²) in [6.07, 6.45) is 1.08. The number of nitrogens with one attached hydrogen (secondary N) is 2. The fraction of sp³-hybridized carbons (Fsp3) is 0.462. The molecule has 1 aromatic carbocycles. The number of carbonyl (C=O) groups excluding carboxylic acids is 1. The SMILES string of the molecule is CC(C)C(=O)Nc1ccc2c(c1)CNCC2.Cl. The molecule has 4 heteroatoms. The van der Waals surface area contributed by atoms with Gasteiger partial charge in [-0.05, 0) is 36.2 Å². The van der Waals surface area contributed by atoms with E-state index in [0.717, 1.165) is 25.2 Å². The lowest BCUT2D eigenvalue weighted by atomic mass is 10.0. The number of carbonyl (C=O) groups is 1. The normalized spacial score (nSPS) is 13.8. The Balaban J connectivity index is 0.00000144. The molecule has 1 amide bonds. The molecule has 0 spiro atoms. The zero-order valence-corrected chi connectivity index (χ0v) is 11.1. The molecule has 0 radical (unpaired) electrons. The molecular formula is C13H19ClN2O. The number of halogens is 1. The maximum absolute atomic E-state index is 11.6. The summed E-state index contributed by atoms with van der Waals surface area (Å²) in [4.78, 5) is 11.6. The predicted molar refractivity (Wildman–Crippen MR) is 72.6 cm³/mol. The Bertz CT molecular complexity index is 404. The highest BCUT2D eigenvalue weighted by Crippen LogP contribution is 2.19. The molecule has 0 saturated heterocycles. The van der Waals surface area contributed by atoms with Crippen LogP contribution in [0.15, 0.2) is 18.2 Å². The fourth-order valence-electron chi connectivity index (χ4n) is 1.84. The topological polar surface area (TPSA) is 41.1 Å². The lowest BCUT2D eigenvalue weighted by molar-refractivity contribution is -0.118. The Morgan fingerprint density at radius 1 is 1.35 bits per heavy atom. The van der Waals surface area contributed by atoms with Crippen LogP contribution in [-0.4, -0.2) is 12.5 Å². The first-order valence-corrected chi connectivity index (χ1v) is 5.80. The first-order valence-electron chi connectivity index (χ1n) is 5.80. The van der Waals surface area contributed by atoms with Gasteiger partial charge in [0.2, 0.25) is 5.91 Å². The van der Waals surface area contributed by atoms with E-state index in [2.05, 4.69) is 22.8 Å². The van der Waals surface area contributed by atoms with Crippen LogP contribution in [0.25, 0.3) is 0 Å². The number of fused-ring (bicyclic) bond motifs is 1.